The number of benzene rings is 1. The Balaban J connectivity index is 2.16. The number of hydrogen-bond donors (Lipinski definition) is 2. The Hall–Kier alpha value is -2.53. The van der Waals surface area contributed by atoms with Crippen LogP contribution in [0.5, 0.6) is 0 Å². The van der Waals surface area contributed by atoms with Crippen molar-refractivity contribution in [2.75, 3.05) is 0 Å². The van der Waals surface area contributed by atoms with Crippen molar-refractivity contribution in [3.63, 3.8) is 0 Å². The summed E-state index contributed by atoms with van der Waals surface area (Å²) >= 11 is 5.09. The molecule has 0 fully saturated rings. The minimum Gasteiger partial charge on any atom is -0.331 e. The van der Waals surface area contributed by atoms with Gasteiger partial charge >= 0.3 is 0 Å². The third-order valence-electron chi connectivity index (χ3n) is 3.23. The van der Waals surface area contributed by atoms with E-state index >= 15 is 0 Å². The molecule has 0 spiro atoms. The van der Waals surface area contributed by atoms with Crippen molar-refractivity contribution >= 4 is 12.2 Å². The highest BCUT2D eigenvalue weighted by Crippen LogP contribution is 2.20. The van der Waals surface area contributed by atoms with Crippen LogP contribution >= 0.6 is 12.2 Å². The second-order valence-electron chi connectivity index (χ2n) is 4.66. The van der Waals surface area contributed by atoms with E-state index in [9.17, 15) is 4.79 Å². The van der Waals surface area contributed by atoms with Crippen LogP contribution in [0.15, 0.2) is 59.7 Å². The van der Waals surface area contributed by atoms with E-state index in [1.165, 1.54) is 0 Å². The van der Waals surface area contributed by atoms with Gasteiger partial charge in [0.1, 0.15) is 0 Å². The Bertz CT molecular complexity index is 854. The number of pyridine rings is 1. The summed E-state index contributed by atoms with van der Waals surface area (Å²) in [6.45, 7) is 0. The molecule has 1 aromatic carbocycles. The number of nitrogens with zero attached hydrogens (tertiary/aromatic N) is 1. The third kappa shape index (κ3) is 2.98. The Labute approximate surface area is 126 Å². The van der Waals surface area contributed by atoms with Crippen LogP contribution in [-0.2, 0) is 6.42 Å². The number of aromatic nitrogens is 3. The molecule has 2 N–H and O–H groups in total. The molecule has 0 amide bonds. The van der Waals surface area contributed by atoms with Gasteiger partial charge in [0.15, 0.2) is 4.77 Å². The molecular weight excluding hydrogens is 282 g/mol. The van der Waals surface area contributed by atoms with Gasteiger partial charge in [-0.2, -0.15) is 0 Å². The van der Waals surface area contributed by atoms with E-state index in [0.717, 1.165) is 16.8 Å². The molecule has 104 valence electrons. The molecule has 0 aliphatic rings. The Morgan fingerprint density at radius 2 is 1.71 bits per heavy atom. The van der Waals surface area contributed by atoms with Crippen LogP contribution in [-0.4, -0.2) is 15.0 Å². The van der Waals surface area contributed by atoms with Gasteiger partial charge < -0.3 is 4.98 Å². The average Bonchev–Trinajstić information content (AvgIpc) is 2.51. The zero-order chi connectivity index (χ0) is 14.7. The molecule has 0 aliphatic carbocycles. The van der Waals surface area contributed by atoms with Gasteiger partial charge in [-0.1, -0.05) is 30.3 Å². The second-order valence-corrected chi connectivity index (χ2v) is 5.07. The zero-order valence-electron chi connectivity index (χ0n) is 11.2. The highest BCUT2D eigenvalue weighted by molar-refractivity contribution is 7.71. The third-order valence-corrected chi connectivity index (χ3v) is 3.44. The maximum atomic E-state index is 12.3. The first-order valence-corrected chi connectivity index (χ1v) is 6.94. The van der Waals surface area contributed by atoms with Gasteiger partial charge in [0, 0.05) is 24.4 Å². The van der Waals surface area contributed by atoms with Crippen LogP contribution < -0.4 is 5.56 Å². The molecule has 0 saturated carbocycles. The van der Waals surface area contributed by atoms with Gasteiger partial charge in [-0.05, 0) is 35.5 Å². The lowest BCUT2D eigenvalue weighted by Gasteiger charge is -2.09. The van der Waals surface area contributed by atoms with Crippen LogP contribution in [0.1, 0.15) is 11.1 Å². The summed E-state index contributed by atoms with van der Waals surface area (Å²) in [4.78, 5) is 22.0. The quantitative estimate of drug-likeness (QED) is 0.730. The second kappa shape index (κ2) is 5.85. The lowest BCUT2D eigenvalue weighted by Crippen LogP contribution is -2.16. The van der Waals surface area contributed by atoms with Crippen LogP contribution in [0.3, 0.4) is 0 Å². The summed E-state index contributed by atoms with van der Waals surface area (Å²) in [5.74, 6) is 0. The summed E-state index contributed by atoms with van der Waals surface area (Å²) in [5.41, 5.74) is 3.24. The van der Waals surface area contributed by atoms with E-state index in [0.29, 0.717) is 16.8 Å². The molecule has 0 bridgehead atoms. The van der Waals surface area contributed by atoms with E-state index < -0.39 is 0 Å². The predicted molar refractivity (Wildman–Crippen MR) is 84.7 cm³/mol. The van der Waals surface area contributed by atoms with Crippen molar-refractivity contribution in [2.24, 2.45) is 0 Å². The highest BCUT2D eigenvalue weighted by Gasteiger charge is 2.11. The molecule has 0 unspecified atom stereocenters. The standard InChI is InChI=1S/C16H13N3OS/c20-15-13(10-11-6-8-17-9-7-11)14(18-16(21)19-15)12-4-2-1-3-5-12/h1-9H,10H2,(H2,18,19,20,21). The number of rotatable bonds is 3. The Kier molecular flexibility index (Phi) is 3.75. The van der Waals surface area contributed by atoms with E-state index in [2.05, 4.69) is 15.0 Å². The zero-order valence-corrected chi connectivity index (χ0v) is 12.0. The maximum Gasteiger partial charge on any atom is 0.255 e. The first-order chi connectivity index (χ1) is 10.2. The minimum absolute atomic E-state index is 0.158. The first-order valence-electron chi connectivity index (χ1n) is 6.54. The average molecular weight is 295 g/mol. The van der Waals surface area contributed by atoms with Crippen LogP contribution in [0.4, 0.5) is 0 Å². The van der Waals surface area contributed by atoms with E-state index in [4.69, 9.17) is 12.2 Å². The summed E-state index contributed by atoms with van der Waals surface area (Å²) in [5, 5.41) is 0. The molecule has 4 nitrogen and oxygen atoms in total. The van der Waals surface area contributed by atoms with Crippen molar-refractivity contribution in [1.29, 1.82) is 0 Å². The molecule has 0 radical (unpaired) electrons. The SMILES string of the molecule is O=c1[nH]c(=S)[nH]c(-c2ccccc2)c1Cc1ccncc1. The van der Waals surface area contributed by atoms with E-state index in [1.54, 1.807) is 12.4 Å². The van der Waals surface area contributed by atoms with Gasteiger partial charge in [-0.15, -0.1) is 0 Å². The summed E-state index contributed by atoms with van der Waals surface area (Å²) in [7, 11) is 0. The number of hydrogen-bond acceptors (Lipinski definition) is 3. The number of nitrogens with one attached hydrogen (secondary N) is 2. The van der Waals surface area contributed by atoms with Gasteiger partial charge in [0.25, 0.3) is 5.56 Å². The van der Waals surface area contributed by atoms with Crippen LogP contribution in [0, 0.1) is 4.77 Å². The molecule has 3 rings (SSSR count). The maximum absolute atomic E-state index is 12.3. The summed E-state index contributed by atoms with van der Waals surface area (Å²) in [6.07, 6.45) is 3.96. The molecule has 2 aromatic heterocycles. The predicted octanol–water partition coefficient (Wildman–Crippen LogP) is 3.09. The molecule has 0 saturated heterocycles. The smallest absolute Gasteiger partial charge is 0.255 e. The topological polar surface area (TPSA) is 61.5 Å². The Morgan fingerprint density at radius 1 is 1.00 bits per heavy atom. The van der Waals surface area contributed by atoms with Crippen LogP contribution in [0.25, 0.3) is 11.3 Å². The van der Waals surface area contributed by atoms with Crippen molar-refractivity contribution < 1.29 is 0 Å². The first kappa shape index (κ1) is 13.5. The lowest BCUT2D eigenvalue weighted by atomic mass is 10.0. The fourth-order valence-corrected chi connectivity index (χ4v) is 2.43. The van der Waals surface area contributed by atoms with Gasteiger partial charge in [0.2, 0.25) is 0 Å². The largest absolute Gasteiger partial charge is 0.331 e. The normalized spacial score (nSPS) is 10.5. The van der Waals surface area contributed by atoms with Crippen molar-refractivity contribution in [1.82, 2.24) is 15.0 Å². The summed E-state index contributed by atoms with van der Waals surface area (Å²) < 4.78 is 0.331. The molecule has 0 atom stereocenters. The van der Waals surface area contributed by atoms with Crippen molar-refractivity contribution in [2.45, 2.75) is 6.42 Å². The van der Waals surface area contributed by atoms with E-state index in [1.807, 2.05) is 42.5 Å². The molecule has 5 heteroatoms. The fraction of sp³-hybridized carbons (Fsp3) is 0.0625. The monoisotopic (exact) mass is 295 g/mol. The number of aromatic amines is 2. The molecule has 3 aromatic rings. The molecular formula is C16H13N3OS. The highest BCUT2D eigenvalue weighted by atomic mass is 32.1. The minimum atomic E-state index is -0.158. The molecule has 21 heavy (non-hydrogen) atoms. The van der Waals surface area contributed by atoms with Gasteiger partial charge in [-0.25, -0.2) is 0 Å². The van der Waals surface area contributed by atoms with Crippen LogP contribution in [0.2, 0.25) is 0 Å². The fourth-order valence-electron chi connectivity index (χ4n) is 2.24. The van der Waals surface area contributed by atoms with E-state index in [-0.39, 0.29) is 5.56 Å². The molecule has 0 aliphatic heterocycles. The van der Waals surface area contributed by atoms with Gasteiger partial charge in [-0.3, -0.25) is 14.8 Å². The lowest BCUT2D eigenvalue weighted by molar-refractivity contribution is 1.01. The molecule has 2 heterocycles. The number of H-pyrrole nitrogens is 2. The Morgan fingerprint density at radius 3 is 2.43 bits per heavy atom. The van der Waals surface area contributed by atoms with Crippen molar-refractivity contribution in [3.05, 3.63) is 81.1 Å². The van der Waals surface area contributed by atoms with Crippen molar-refractivity contribution in [3.8, 4) is 11.3 Å². The van der Waals surface area contributed by atoms with Gasteiger partial charge in [0.05, 0.1) is 5.69 Å². The summed E-state index contributed by atoms with van der Waals surface area (Å²) in [6, 6.07) is 13.5.